The minimum Gasteiger partial charge on any atom is -0.480 e. The number of halogens is 1. The van der Waals surface area contributed by atoms with E-state index < -0.39 is 12.6 Å². The number of benzene rings is 1. The fourth-order valence-corrected chi connectivity index (χ4v) is 1.74. The number of aliphatic carboxylic acids is 1. The molecule has 0 aliphatic rings. The summed E-state index contributed by atoms with van der Waals surface area (Å²) < 4.78 is 11.1. The van der Waals surface area contributed by atoms with Crippen molar-refractivity contribution >= 4 is 21.9 Å². The van der Waals surface area contributed by atoms with E-state index in [9.17, 15) is 4.79 Å². The second-order valence-electron chi connectivity index (χ2n) is 3.37. The fourth-order valence-electron chi connectivity index (χ4n) is 1.28. The van der Waals surface area contributed by atoms with E-state index in [4.69, 9.17) is 14.3 Å². The highest BCUT2D eigenvalue weighted by atomic mass is 79.9. The summed E-state index contributed by atoms with van der Waals surface area (Å²) >= 11 is 3.38. The summed E-state index contributed by atoms with van der Waals surface area (Å²) in [4.78, 5) is 10.3. The van der Waals surface area contributed by atoms with E-state index >= 15 is 0 Å². The van der Waals surface area contributed by atoms with Crippen molar-refractivity contribution in [2.75, 3.05) is 6.61 Å². The molecule has 0 aliphatic heterocycles. The summed E-state index contributed by atoms with van der Waals surface area (Å²) in [5.74, 6) is -0.445. The molecule has 1 heterocycles. The molecule has 1 aromatic carbocycles. The molecule has 2 rings (SSSR count). The van der Waals surface area contributed by atoms with Crippen LogP contribution in [0.25, 0.3) is 11.5 Å². The molecule has 0 saturated carbocycles. The first kappa shape index (κ1) is 12.7. The summed E-state index contributed by atoms with van der Waals surface area (Å²) in [6.45, 7) is -0.420. The van der Waals surface area contributed by atoms with Crippen LogP contribution in [0.4, 0.5) is 0 Å². The Morgan fingerprint density at radius 1 is 1.39 bits per heavy atom. The Kier molecular flexibility index (Phi) is 4.06. The Bertz CT molecular complexity index is 555. The lowest BCUT2D eigenvalue weighted by Crippen LogP contribution is -2.06. The summed E-state index contributed by atoms with van der Waals surface area (Å²) in [5, 5.41) is 16.1. The van der Waals surface area contributed by atoms with E-state index in [2.05, 4.69) is 26.1 Å². The van der Waals surface area contributed by atoms with Gasteiger partial charge in [-0.2, -0.15) is 0 Å². The van der Waals surface area contributed by atoms with Crippen LogP contribution in [-0.2, 0) is 16.1 Å². The smallest absolute Gasteiger partial charge is 0.329 e. The van der Waals surface area contributed by atoms with Crippen LogP contribution in [0.15, 0.2) is 33.2 Å². The van der Waals surface area contributed by atoms with Crippen LogP contribution in [0.2, 0.25) is 0 Å². The molecule has 0 bridgehead atoms. The number of hydrogen-bond acceptors (Lipinski definition) is 5. The van der Waals surface area contributed by atoms with Gasteiger partial charge in [0.15, 0.2) is 0 Å². The van der Waals surface area contributed by atoms with Gasteiger partial charge in [0.25, 0.3) is 0 Å². The van der Waals surface area contributed by atoms with E-state index in [1.54, 1.807) is 0 Å². The maximum atomic E-state index is 10.3. The van der Waals surface area contributed by atoms with E-state index in [0.717, 1.165) is 10.0 Å². The van der Waals surface area contributed by atoms with Gasteiger partial charge in [-0.3, -0.25) is 0 Å². The number of hydrogen-bond donors (Lipinski definition) is 1. The molecular weight excluding hydrogens is 304 g/mol. The maximum Gasteiger partial charge on any atom is 0.329 e. The Morgan fingerprint density at radius 3 is 2.89 bits per heavy atom. The van der Waals surface area contributed by atoms with E-state index in [1.807, 2.05) is 24.3 Å². The lowest BCUT2D eigenvalue weighted by Gasteiger charge is -1.97. The average molecular weight is 313 g/mol. The second-order valence-corrected chi connectivity index (χ2v) is 4.22. The predicted octanol–water partition coefficient (Wildman–Crippen LogP) is 2.10. The zero-order valence-electron chi connectivity index (χ0n) is 9.17. The Balaban J connectivity index is 2.06. The van der Waals surface area contributed by atoms with Crippen molar-refractivity contribution in [1.29, 1.82) is 0 Å². The maximum absolute atomic E-state index is 10.3. The van der Waals surface area contributed by atoms with Gasteiger partial charge in [0.05, 0.1) is 5.56 Å². The number of nitrogens with zero attached hydrogens (tertiary/aromatic N) is 2. The van der Waals surface area contributed by atoms with Crippen molar-refractivity contribution in [2.45, 2.75) is 6.61 Å². The lowest BCUT2D eigenvalue weighted by atomic mass is 10.2. The predicted molar refractivity (Wildman–Crippen MR) is 64.7 cm³/mol. The van der Waals surface area contributed by atoms with E-state index in [1.165, 1.54) is 0 Å². The first-order chi connectivity index (χ1) is 8.66. The van der Waals surface area contributed by atoms with Gasteiger partial charge in [0.1, 0.15) is 13.2 Å². The molecule has 0 radical (unpaired) electrons. The van der Waals surface area contributed by atoms with Crippen LogP contribution < -0.4 is 0 Å². The first-order valence-electron chi connectivity index (χ1n) is 5.03. The summed E-state index contributed by atoms with van der Waals surface area (Å²) in [5.41, 5.74) is 0.773. The molecule has 0 atom stereocenters. The molecule has 0 aliphatic carbocycles. The number of rotatable bonds is 5. The standard InChI is InChI=1S/C11H9BrN2O4/c12-8-4-2-1-3-7(8)11-14-13-9(18-11)5-17-6-10(15)16/h1-4H,5-6H2,(H,15,16). The number of ether oxygens (including phenoxy) is 1. The van der Waals surface area contributed by atoms with Crippen LogP contribution in [-0.4, -0.2) is 27.9 Å². The molecule has 7 heteroatoms. The van der Waals surface area contributed by atoms with Gasteiger partial charge < -0.3 is 14.3 Å². The van der Waals surface area contributed by atoms with Gasteiger partial charge in [-0.1, -0.05) is 12.1 Å². The molecule has 0 fully saturated rings. The molecule has 2 aromatic rings. The average Bonchev–Trinajstić information content (AvgIpc) is 2.78. The highest BCUT2D eigenvalue weighted by molar-refractivity contribution is 9.10. The third kappa shape index (κ3) is 3.14. The van der Waals surface area contributed by atoms with Crippen LogP contribution in [0.5, 0.6) is 0 Å². The molecule has 1 N–H and O–H groups in total. The fraction of sp³-hybridized carbons (Fsp3) is 0.182. The Morgan fingerprint density at radius 2 is 2.17 bits per heavy atom. The van der Waals surface area contributed by atoms with Gasteiger partial charge in [0, 0.05) is 4.47 Å². The molecule has 6 nitrogen and oxygen atoms in total. The monoisotopic (exact) mass is 312 g/mol. The summed E-state index contributed by atoms with van der Waals surface area (Å²) in [6, 6.07) is 7.42. The van der Waals surface area contributed by atoms with Gasteiger partial charge in [-0.05, 0) is 28.1 Å². The first-order valence-corrected chi connectivity index (χ1v) is 5.83. The highest BCUT2D eigenvalue weighted by Gasteiger charge is 2.11. The minimum atomic E-state index is -1.04. The second kappa shape index (κ2) is 5.74. The number of carboxylic acid groups (broad SMARTS) is 1. The minimum absolute atomic E-state index is 0.0241. The topological polar surface area (TPSA) is 85.5 Å². The van der Waals surface area contributed by atoms with Gasteiger partial charge >= 0.3 is 5.97 Å². The number of carbonyl (C=O) groups is 1. The van der Waals surface area contributed by atoms with E-state index in [0.29, 0.717) is 5.89 Å². The zero-order valence-corrected chi connectivity index (χ0v) is 10.8. The largest absolute Gasteiger partial charge is 0.480 e. The van der Waals surface area contributed by atoms with Crippen molar-refractivity contribution in [3.05, 3.63) is 34.6 Å². The summed E-state index contributed by atoms with van der Waals surface area (Å²) in [6.07, 6.45) is 0. The third-order valence-electron chi connectivity index (χ3n) is 2.02. The van der Waals surface area contributed by atoms with Crippen LogP contribution in [0.3, 0.4) is 0 Å². The van der Waals surface area contributed by atoms with Gasteiger partial charge in [-0.15, -0.1) is 10.2 Å². The zero-order chi connectivity index (χ0) is 13.0. The lowest BCUT2D eigenvalue weighted by molar-refractivity contribution is -0.142. The van der Waals surface area contributed by atoms with Crippen molar-refractivity contribution in [3.63, 3.8) is 0 Å². The molecule has 0 spiro atoms. The van der Waals surface area contributed by atoms with Crippen molar-refractivity contribution in [1.82, 2.24) is 10.2 Å². The van der Waals surface area contributed by atoms with Crippen molar-refractivity contribution in [3.8, 4) is 11.5 Å². The van der Waals surface area contributed by atoms with Crippen LogP contribution in [0.1, 0.15) is 5.89 Å². The normalized spacial score (nSPS) is 10.5. The SMILES string of the molecule is O=C(O)COCc1nnc(-c2ccccc2Br)o1. The molecular formula is C11H9BrN2O4. The number of aromatic nitrogens is 2. The Hall–Kier alpha value is -1.73. The molecule has 94 valence electrons. The van der Waals surface area contributed by atoms with Gasteiger partial charge in [0.2, 0.25) is 11.8 Å². The highest BCUT2D eigenvalue weighted by Crippen LogP contribution is 2.26. The number of carboxylic acids is 1. The van der Waals surface area contributed by atoms with Crippen molar-refractivity contribution in [2.24, 2.45) is 0 Å². The summed E-state index contributed by atoms with van der Waals surface area (Å²) in [7, 11) is 0. The van der Waals surface area contributed by atoms with Crippen LogP contribution in [0, 0.1) is 0 Å². The molecule has 0 amide bonds. The third-order valence-corrected chi connectivity index (χ3v) is 2.71. The molecule has 1 aromatic heterocycles. The van der Waals surface area contributed by atoms with Gasteiger partial charge in [-0.25, -0.2) is 4.79 Å². The van der Waals surface area contributed by atoms with E-state index in [-0.39, 0.29) is 12.5 Å². The van der Waals surface area contributed by atoms with Crippen LogP contribution >= 0.6 is 15.9 Å². The van der Waals surface area contributed by atoms with Crippen molar-refractivity contribution < 1.29 is 19.1 Å². The Labute approximate surface area is 111 Å². The molecule has 0 saturated heterocycles. The molecule has 18 heavy (non-hydrogen) atoms. The quantitative estimate of drug-likeness (QED) is 0.910. The molecule has 0 unspecified atom stereocenters.